The number of nitrogens with one attached hydrogen (secondary N) is 1. The molecule has 0 spiro atoms. The average Bonchev–Trinajstić information content (AvgIpc) is 2.57. The zero-order valence-corrected chi connectivity index (χ0v) is 13.5. The maximum Gasteiger partial charge on any atom is 0.277 e. The van der Waals surface area contributed by atoms with Crippen molar-refractivity contribution in [2.75, 3.05) is 6.61 Å². The van der Waals surface area contributed by atoms with Crippen LogP contribution in [0, 0.1) is 12.7 Å². The molecule has 0 aliphatic heterocycles. The van der Waals surface area contributed by atoms with Gasteiger partial charge in [0, 0.05) is 5.56 Å². The highest BCUT2D eigenvalue weighted by Gasteiger charge is 2.10. The number of hydrazone groups is 1. The number of ether oxygens (including phenoxy) is 1. The summed E-state index contributed by atoms with van der Waals surface area (Å²) in [6, 6.07) is 11.0. The summed E-state index contributed by atoms with van der Waals surface area (Å²) in [6.07, 6.45) is 0.519. The first kappa shape index (κ1) is 17.5. The Morgan fingerprint density at radius 1 is 1.29 bits per heavy atom. The van der Waals surface area contributed by atoms with Crippen LogP contribution in [0.25, 0.3) is 0 Å². The van der Waals surface area contributed by atoms with E-state index in [-0.39, 0.29) is 18.1 Å². The van der Waals surface area contributed by atoms with E-state index in [0.717, 1.165) is 5.56 Å². The number of aryl methyl sites for hydroxylation is 1. The average molecular weight is 330 g/mol. The molecule has 0 aliphatic rings. The molecule has 0 aromatic heterocycles. The second kappa shape index (κ2) is 8.10. The molecule has 0 atom stereocenters. The first-order chi connectivity index (χ1) is 11.5. The van der Waals surface area contributed by atoms with Crippen molar-refractivity contribution in [3.8, 4) is 11.5 Å². The molecule has 0 saturated heterocycles. The smallest absolute Gasteiger partial charge is 0.277 e. The molecule has 5 nitrogen and oxygen atoms in total. The number of carbonyl (C=O) groups excluding carboxylic acids is 1. The summed E-state index contributed by atoms with van der Waals surface area (Å²) in [6.45, 7) is 3.40. The van der Waals surface area contributed by atoms with E-state index in [2.05, 4.69) is 10.5 Å². The minimum Gasteiger partial charge on any atom is -0.507 e. The monoisotopic (exact) mass is 330 g/mol. The number of benzene rings is 2. The van der Waals surface area contributed by atoms with Gasteiger partial charge in [0.25, 0.3) is 5.91 Å². The van der Waals surface area contributed by atoms with Gasteiger partial charge in [-0.05, 0) is 37.6 Å². The van der Waals surface area contributed by atoms with Crippen LogP contribution >= 0.6 is 0 Å². The third kappa shape index (κ3) is 4.55. The van der Waals surface area contributed by atoms with E-state index in [1.165, 1.54) is 18.2 Å². The van der Waals surface area contributed by atoms with Crippen LogP contribution in [0.5, 0.6) is 11.5 Å². The Labute approximate surface area is 139 Å². The SMILES string of the molecule is CC/C(=N\NC(=O)COc1ccccc1F)c1cc(C)ccc1O. The number of rotatable bonds is 6. The molecule has 2 rings (SSSR count). The van der Waals surface area contributed by atoms with Crippen LogP contribution < -0.4 is 10.2 Å². The van der Waals surface area contributed by atoms with Gasteiger partial charge in [0.05, 0.1) is 5.71 Å². The number of hydrogen-bond acceptors (Lipinski definition) is 4. The highest BCUT2D eigenvalue weighted by Crippen LogP contribution is 2.20. The van der Waals surface area contributed by atoms with Crippen LogP contribution in [0.4, 0.5) is 4.39 Å². The van der Waals surface area contributed by atoms with E-state index in [1.807, 2.05) is 13.8 Å². The number of halogens is 1. The van der Waals surface area contributed by atoms with Gasteiger partial charge in [-0.2, -0.15) is 5.10 Å². The van der Waals surface area contributed by atoms with Gasteiger partial charge in [0.1, 0.15) is 5.75 Å². The molecule has 24 heavy (non-hydrogen) atoms. The third-order valence-corrected chi connectivity index (χ3v) is 3.31. The van der Waals surface area contributed by atoms with Crippen LogP contribution in [0.3, 0.4) is 0 Å². The lowest BCUT2D eigenvalue weighted by Gasteiger charge is -2.09. The largest absolute Gasteiger partial charge is 0.507 e. The molecular weight excluding hydrogens is 311 g/mol. The molecule has 0 bridgehead atoms. The Hall–Kier alpha value is -2.89. The van der Waals surface area contributed by atoms with Crippen molar-refractivity contribution < 1.29 is 19.0 Å². The normalized spacial score (nSPS) is 11.2. The minimum absolute atomic E-state index is 0.00340. The molecule has 2 aromatic carbocycles. The topological polar surface area (TPSA) is 70.9 Å². The Kier molecular flexibility index (Phi) is 5.89. The number of hydrogen-bond donors (Lipinski definition) is 2. The van der Waals surface area contributed by atoms with Crippen LogP contribution in [0.15, 0.2) is 47.6 Å². The minimum atomic E-state index is -0.535. The molecule has 1 amide bonds. The molecule has 0 heterocycles. The van der Waals surface area contributed by atoms with E-state index >= 15 is 0 Å². The fourth-order valence-electron chi connectivity index (χ4n) is 2.08. The van der Waals surface area contributed by atoms with Crippen molar-refractivity contribution >= 4 is 11.6 Å². The fraction of sp³-hybridized carbons (Fsp3) is 0.222. The molecule has 0 saturated carbocycles. The molecule has 0 radical (unpaired) electrons. The van der Waals surface area contributed by atoms with E-state index in [1.54, 1.807) is 24.3 Å². The van der Waals surface area contributed by atoms with Crippen LogP contribution in [-0.4, -0.2) is 23.3 Å². The first-order valence-electron chi connectivity index (χ1n) is 7.54. The summed E-state index contributed by atoms with van der Waals surface area (Å²) in [5.41, 5.74) is 4.43. The first-order valence-corrected chi connectivity index (χ1v) is 7.54. The number of para-hydroxylation sites is 1. The van der Waals surface area contributed by atoms with Gasteiger partial charge >= 0.3 is 0 Å². The van der Waals surface area contributed by atoms with Crippen LogP contribution in [-0.2, 0) is 4.79 Å². The standard InChI is InChI=1S/C18H19FN2O3/c1-3-15(13-10-12(2)8-9-16(13)22)20-21-18(23)11-24-17-7-5-4-6-14(17)19/h4-10,22H,3,11H2,1-2H3,(H,21,23)/b20-15+. The van der Waals surface area contributed by atoms with E-state index in [0.29, 0.717) is 17.7 Å². The Morgan fingerprint density at radius 2 is 2.04 bits per heavy atom. The quantitative estimate of drug-likeness (QED) is 0.631. The van der Waals surface area contributed by atoms with Crippen molar-refractivity contribution in [2.24, 2.45) is 5.10 Å². The van der Waals surface area contributed by atoms with Crippen molar-refractivity contribution in [3.05, 3.63) is 59.4 Å². The number of nitrogens with zero attached hydrogens (tertiary/aromatic N) is 1. The van der Waals surface area contributed by atoms with Crippen LogP contribution in [0.1, 0.15) is 24.5 Å². The summed E-state index contributed by atoms with van der Waals surface area (Å²) >= 11 is 0. The van der Waals surface area contributed by atoms with E-state index in [9.17, 15) is 14.3 Å². The van der Waals surface area contributed by atoms with Gasteiger partial charge in [0.2, 0.25) is 0 Å². The van der Waals surface area contributed by atoms with Crippen LogP contribution in [0.2, 0.25) is 0 Å². The van der Waals surface area contributed by atoms with Gasteiger partial charge in [-0.25, -0.2) is 9.82 Å². The van der Waals surface area contributed by atoms with Gasteiger partial charge < -0.3 is 9.84 Å². The third-order valence-electron chi connectivity index (χ3n) is 3.31. The van der Waals surface area contributed by atoms with E-state index < -0.39 is 11.7 Å². The fourth-order valence-corrected chi connectivity index (χ4v) is 2.08. The summed E-state index contributed by atoms with van der Waals surface area (Å²) in [5.74, 6) is -0.953. The predicted octanol–water partition coefficient (Wildman–Crippen LogP) is 3.15. The number of aromatic hydroxyl groups is 1. The molecule has 2 aromatic rings. The Balaban J connectivity index is 2.01. The van der Waals surface area contributed by atoms with Crippen molar-refractivity contribution in [1.82, 2.24) is 5.43 Å². The summed E-state index contributed by atoms with van der Waals surface area (Å²) in [5, 5.41) is 14.0. The number of phenolic OH excluding ortho intramolecular Hbond substituents is 1. The second-order valence-corrected chi connectivity index (χ2v) is 5.19. The van der Waals surface area contributed by atoms with Crippen molar-refractivity contribution in [2.45, 2.75) is 20.3 Å². The highest BCUT2D eigenvalue weighted by molar-refractivity contribution is 6.03. The predicted molar refractivity (Wildman–Crippen MR) is 89.7 cm³/mol. The molecular formula is C18H19FN2O3. The summed E-state index contributed by atoms with van der Waals surface area (Å²) in [4.78, 5) is 11.8. The zero-order valence-electron chi connectivity index (χ0n) is 13.5. The summed E-state index contributed by atoms with van der Waals surface area (Å²) < 4.78 is 18.5. The molecule has 0 aliphatic carbocycles. The van der Waals surface area contributed by atoms with Gasteiger partial charge in [-0.3, -0.25) is 4.79 Å². The van der Waals surface area contributed by atoms with Crippen molar-refractivity contribution in [1.29, 1.82) is 0 Å². The lowest BCUT2D eigenvalue weighted by molar-refractivity contribution is -0.123. The van der Waals surface area contributed by atoms with Crippen molar-refractivity contribution in [3.63, 3.8) is 0 Å². The Bertz CT molecular complexity index is 760. The van der Waals surface area contributed by atoms with Gasteiger partial charge in [-0.15, -0.1) is 0 Å². The Morgan fingerprint density at radius 3 is 2.75 bits per heavy atom. The van der Waals surface area contributed by atoms with E-state index in [4.69, 9.17) is 4.74 Å². The molecule has 126 valence electrons. The summed E-state index contributed by atoms with van der Waals surface area (Å²) in [7, 11) is 0. The lowest BCUT2D eigenvalue weighted by Crippen LogP contribution is -2.26. The molecule has 0 fully saturated rings. The molecule has 0 unspecified atom stereocenters. The number of carbonyl (C=O) groups is 1. The highest BCUT2D eigenvalue weighted by atomic mass is 19.1. The lowest BCUT2D eigenvalue weighted by atomic mass is 10.0. The molecule has 6 heteroatoms. The maximum atomic E-state index is 13.4. The van der Waals surface area contributed by atoms with Gasteiger partial charge in [-0.1, -0.05) is 30.7 Å². The molecule has 2 N–H and O–H groups in total. The number of amides is 1. The maximum absolute atomic E-state index is 13.4. The second-order valence-electron chi connectivity index (χ2n) is 5.19. The number of phenols is 1. The zero-order chi connectivity index (χ0) is 17.5. The van der Waals surface area contributed by atoms with Gasteiger partial charge in [0.15, 0.2) is 18.2 Å².